The van der Waals surface area contributed by atoms with Gasteiger partial charge in [-0.2, -0.15) is 0 Å². The van der Waals surface area contributed by atoms with Gasteiger partial charge < -0.3 is 18.9 Å². The van der Waals surface area contributed by atoms with Crippen molar-refractivity contribution < 1.29 is 23.7 Å². The number of benzene rings is 2. The molecule has 0 fully saturated rings. The Hall–Kier alpha value is -1.42. The Bertz CT molecular complexity index is 782. The van der Waals surface area contributed by atoms with Gasteiger partial charge in [0.25, 0.3) is 0 Å². The molecule has 0 bridgehead atoms. The van der Waals surface area contributed by atoms with Crippen molar-refractivity contribution in [3.8, 4) is 0 Å². The number of rotatable bonds is 14. The smallest absolute Gasteiger partial charge is 0.333 e. The third kappa shape index (κ3) is 11.1. The van der Waals surface area contributed by atoms with Gasteiger partial charge in [0.1, 0.15) is 6.10 Å². The Morgan fingerprint density at radius 1 is 1.03 bits per heavy atom. The third-order valence-electron chi connectivity index (χ3n) is 4.47. The molecule has 0 aliphatic carbocycles. The van der Waals surface area contributed by atoms with Crippen molar-refractivity contribution in [2.75, 3.05) is 18.1 Å². The molecule has 0 saturated carbocycles. The maximum atomic E-state index is 11.3. The highest BCUT2D eigenvalue weighted by Gasteiger charge is 2.17. The highest BCUT2D eigenvalue weighted by Crippen LogP contribution is 2.16. The van der Waals surface area contributed by atoms with Crippen LogP contribution < -0.4 is 0 Å². The Morgan fingerprint density at radius 2 is 1.74 bits per heavy atom. The predicted molar refractivity (Wildman–Crippen MR) is 133 cm³/mol. The van der Waals surface area contributed by atoms with Crippen molar-refractivity contribution in [3.05, 3.63) is 82.5 Å². The molecule has 0 aliphatic rings. The molecule has 0 aliphatic heterocycles. The molecule has 2 atom stereocenters. The lowest BCUT2D eigenvalue weighted by atomic mass is 10.1. The molecule has 0 saturated heterocycles. The topological polar surface area (TPSA) is 54.0 Å². The first kappa shape index (κ1) is 25.8. The van der Waals surface area contributed by atoms with Crippen LogP contribution in [0.5, 0.6) is 0 Å². The van der Waals surface area contributed by atoms with Crippen LogP contribution in [0.4, 0.5) is 0 Å². The summed E-state index contributed by atoms with van der Waals surface area (Å²) in [6, 6.07) is 18.1. The van der Waals surface area contributed by atoms with E-state index >= 15 is 0 Å². The van der Waals surface area contributed by atoms with Gasteiger partial charge in [-0.1, -0.05) is 81.0 Å². The molecule has 0 radical (unpaired) electrons. The molecule has 0 aromatic heterocycles. The van der Waals surface area contributed by atoms with Crippen molar-refractivity contribution in [1.29, 1.82) is 0 Å². The molecule has 0 amide bonds. The van der Waals surface area contributed by atoms with E-state index in [1.54, 1.807) is 0 Å². The van der Waals surface area contributed by atoms with E-state index in [9.17, 15) is 4.79 Å². The Balaban J connectivity index is 1.85. The normalized spacial score (nSPS) is 13.1. The van der Waals surface area contributed by atoms with Crippen molar-refractivity contribution >= 4 is 44.5 Å². The highest BCUT2D eigenvalue weighted by molar-refractivity contribution is 14.1. The van der Waals surface area contributed by atoms with Gasteiger partial charge in [-0.25, -0.2) is 4.79 Å². The van der Waals surface area contributed by atoms with Crippen LogP contribution in [0.1, 0.15) is 24.0 Å². The summed E-state index contributed by atoms with van der Waals surface area (Å²) < 4.78 is 24.2. The lowest BCUT2D eigenvalue weighted by molar-refractivity contribution is -0.135. The summed E-state index contributed by atoms with van der Waals surface area (Å²) in [7, 11) is 1.34. The predicted octanol–water partition coefficient (Wildman–Crippen LogP) is 5.84. The second-order valence-electron chi connectivity index (χ2n) is 6.86. The van der Waals surface area contributed by atoms with Crippen LogP contribution in [-0.4, -0.2) is 36.3 Å². The van der Waals surface area contributed by atoms with Gasteiger partial charge in [0.2, 0.25) is 0 Å². The zero-order valence-corrected chi connectivity index (χ0v) is 21.3. The van der Waals surface area contributed by atoms with Gasteiger partial charge in [-0.3, -0.25) is 0 Å². The second kappa shape index (κ2) is 15.4. The second-order valence-corrected chi connectivity index (χ2v) is 8.66. The fourth-order valence-corrected chi connectivity index (χ4v) is 3.64. The summed E-state index contributed by atoms with van der Waals surface area (Å²) in [4.78, 5) is 11.3. The van der Waals surface area contributed by atoms with Gasteiger partial charge in [0.05, 0.1) is 45.4 Å². The molecule has 0 heterocycles. The molecule has 2 aromatic rings. The number of alkyl halides is 1. The van der Waals surface area contributed by atoms with Crippen LogP contribution in [0.25, 0.3) is 0 Å². The number of halogens is 2. The number of ether oxygens (including phenoxy) is 4. The molecule has 2 rings (SSSR count). The average Bonchev–Trinajstić information content (AvgIpc) is 2.80. The molecule has 0 spiro atoms. The minimum atomic E-state index is -0.448. The fourth-order valence-electron chi connectivity index (χ4n) is 2.76. The van der Waals surface area contributed by atoms with E-state index in [2.05, 4.69) is 43.3 Å². The molecule has 0 unspecified atom stereocenters. The highest BCUT2D eigenvalue weighted by atomic mass is 127. The zero-order chi connectivity index (χ0) is 22.3. The summed E-state index contributed by atoms with van der Waals surface area (Å²) in [5.74, 6) is -0.448. The van der Waals surface area contributed by atoms with Crippen molar-refractivity contribution in [3.63, 3.8) is 0 Å². The Kier molecular flexibility index (Phi) is 12.8. The van der Waals surface area contributed by atoms with Crippen molar-refractivity contribution in [1.82, 2.24) is 0 Å². The van der Waals surface area contributed by atoms with Gasteiger partial charge >= 0.3 is 5.97 Å². The van der Waals surface area contributed by atoms with E-state index in [0.29, 0.717) is 32.7 Å². The first-order valence-corrected chi connectivity index (χ1v) is 12.4. The minimum Gasteiger partial charge on any atom is -0.498 e. The number of carbonyl (C=O) groups excluding carboxylic acids is 1. The monoisotopic (exact) mass is 602 g/mol. The summed E-state index contributed by atoms with van der Waals surface area (Å²) in [6.07, 6.45) is 3.95. The van der Waals surface area contributed by atoms with E-state index in [0.717, 1.165) is 20.0 Å². The van der Waals surface area contributed by atoms with Crippen LogP contribution in [0.15, 0.2) is 71.4 Å². The first-order valence-electron chi connectivity index (χ1n) is 10.0. The quantitative estimate of drug-likeness (QED) is 0.0679. The lowest BCUT2D eigenvalue weighted by Gasteiger charge is -2.22. The van der Waals surface area contributed by atoms with Crippen molar-refractivity contribution in [2.45, 2.75) is 38.3 Å². The van der Waals surface area contributed by atoms with Gasteiger partial charge in [0.15, 0.2) is 0 Å². The third-order valence-corrected chi connectivity index (χ3v) is 5.98. The number of esters is 1. The van der Waals surface area contributed by atoms with E-state index in [1.807, 2.05) is 54.6 Å². The fraction of sp³-hybridized carbons (Fsp3) is 0.375. The SMILES string of the molecule is COC(=O)/C=C/O[C@@H](CCOCc1ccc(Br)cc1)C[C@@H](CI)OCc1ccccc1. The van der Waals surface area contributed by atoms with E-state index < -0.39 is 5.97 Å². The number of hydrogen-bond donors (Lipinski definition) is 0. The molecule has 7 heteroatoms. The molecular formula is C24H28BrIO5. The van der Waals surface area contributed by atoms with Gasteiger partial charge in [-0.15, -0.1) is 0 Å². The van der Waals surface area contributed by atoms with E-state index in [4.69, 9.17) is 14.2 Å². The molecule has 2 aromatic carbocycles. The number of carbonyl (C=O) groups is 1. The first-order chi connectivity index (χ1) is 15.1. The molecule has 5 nitrogen and oxygen atoms in total. The number of methoxy groups -OCH3 is 1. The minimum absolute atomic E-state index is 0.0313. The summed E-state index contributed by atoms with van der Waals surface area (Å²) in [5, 5.41) is 0. The molecule has 31 heavy (non-hydrogen) atoms. The Labute approximate surface area is 206 Å². The average molecular weight is 603 g/mol. The van der Waals surface area contributed by atoms with E-state index in [-0.39, 0.29) is 12.2 Å². The standard InChI is InChI=1S/C24H28BrIO5/c1-28-24(27)12-14-30-22(11-13-29-17-20-7-9-21(25)10-8-20)15-23(16-26)31-18-19-5-3-2-4-6-19/h2-10,12,14,22-23H,11,13,15-18H2,1H3/b14-12+/t22-,23-/m0/s1. The Morgan fingerprint density at radius 3 is 2.42 bits per heavy atom. The van der Waals surface area contributed by atoms with Crippen molar-refractivity contribution in [2.24, 2.45) is 0 Å². The van der Waals surface area contributed by atoms with E-state index in [1.165, 1.54) is 19.4 Å². The molecular weight excluding hydrogens is 575 g/mol. The summed E-state index contributed by atoms with van der Waals surface area (Å²) in [5.41, 5.74) is 2.25. The van der Waals surface area contributed by atoms with Crippen LogP contribution in [0, 0.1) is 0 Å². The van der Waals surface area contributed by atoms with Gasteiger partial charge in [0, 0.05) is 21.7 Å². The molecule has 168 valence electrons. The van der Waals surface area contributed by atoms with Crippen LogP contribution in [-0.2, 0) is 37.0 Å². The maximum Gasteiger partial charge on any atom is 0.333 e. The van der Waals surface area contributed by atoms with Crippen LogP contribution in [0.3, 0.4) is 0 Å². The number of hydrogen-bond acceptors (Lipinski definition) is 5. The van der Waals surface area contributed by atoms with Crippen LogP contribution in [0.2, 0.25) is 0 Å². The summed E-state index contributed by atoms with van der Waals surface area (Å²) >= 11 is 5.76. The van der Waals surface area contributed by atoms with Crippen LogP contribution >= 0.6 is 38.5 Å². The summed E-state index contributed by atoms with van der Waals surface area (Å²) in [6.45, 7) is 1.64. The molecule has 0 N–H and O–H groups in total. The lowest BCUT2D eigenvalue weighted by Crippen LogP contribution is -2.24. The zero-order valence-electron chi connectivity index (χ0n) is 17.5. The maximum absolute atomic E-state index is 11.3. The van der Waals surface area contributed by atoms with Gasteiger partial charge in [-0.05, 0) is 23.3 Å². The largest absolute Gasteiger partial charge is 0.498 e.